The van der Waals surface area contributed by atoms with Crippen LogP contribution in [-0.4, -0.2) is 5.78 Å². The van der Waals surface area contributed by atoms with Crippen molar-refractivity contribution in [3.05, 3.63) is 11.6 Å². The molecule has 0 aromatic carbocycles. The molecule has 0 unspecified atom stereocenters. The predicted molar refractivity (Wildman–Crippen MR) is 85.5 cm³/mol. The first kappa shape index (κ1) is 18.4. The van der Waals surface area contributed by atoms with Crippen LogP contribution in [0, 0.1) is 0 Å². The monoisotopic (exact) mass is 266 g/mol. The first-order valence-electron chi connectivity index (χ1n) is 8.48. The van der Waals surface area contributed by atoms with E-state index in [1.165, 1.54) is 51.4 Å². The van der Waals surface area contributed by atoms with E-state index in [-0.39, 0.29) is 0 Å². The molecule has 0 aliphatic heterocycles. The second-order valence-electron chi connectivity index (χ2n) is 5.56. The predicted octanol–water partition coefficient (Wildman–Crippen LogP) is 6.22. The molecule has 1 heteroatoms. The van der Waals surface area contributed by atoms with Crippen LogP contribution in [0.25, 0.3) is 0 Å². The Morgan fingerprint density at radius 2 is 1.26 bits per heavy atom. The summed E-state index contributed by atoms with van der Waals surface area (Å²) in [5.74, 6) is 0.418. The van der Waals surface area contributed by atoms with Gasteiger partial charge < -0.3 is 0 Å². The molecule has 0 bridgehead atoms. The van der Waals surface area contributed by atoms with E-state index in [9.17, 15) is 4.79 Å². The molecule has 0 radical (unpaired) electrons. The number of hydrogen-bond donors (Lipinski definition) is 0. The van der Waals surface area contributed by atoms with Gasteiger partial charge in [-0.15, -0.1) is 0 Å². The topological polar surface area (TPSA) is 17.1 Å². The van der Waals surface area contributed by atoms with Gasteiger partial charge in [0.1, 0.15) is 0 Å². The van der Waals surface area contributed by atoms with E-state index in [1.807, 2.05) is 0 Å². The summed E-state index contributed by atoms with van der Waals surface area (Å²) >= 11 is 0. The molecule has 0 rings (SSSR count). The third-order valence-electron chi connectivity index (χ3n) is 3.61. The molecule has 0 amide bonds. The SMILES string of the molecule is CCCCCC=C(CCCCC)C(=O)CCCCC. The van der Waals surface area contributed by atoms with Gasteiger partial charge in [0.05, 0.1) is 0 Å². The van der Waals surface area contributed by atoms with Crippen molar-refractivity contribution in [2.45, 2.75) is 97.8 Å². The summed E-state index contributed by atoms with van der Waals surface area (Å²) in [6.45, 7) is 6.63. The molecule has 0 saturated heterocycles. The number of unbranched alkanes of at least 4 members (excludes halogenated alkanes) is 7. The molecule has 0 N–H and O–H groups in total. The third-order valence-corrected chi connectivity index (χ3v) is 3.61. The Morgan fingerprint density at radius 3 is 1.84 bits per heavy atom. The van der Waals surface area contributed by atoms with Gasteiger partial charge >= 0.3 is 0 Å². The zero-order valence-corrected chi connectivity index (χ0v) is 13.5. The zero-order valence-electron chi connectivity index (χ0n) is 13.5. The Morgan fingerprint density at radius 1 is 0.737 bits per heavy atom. The first-order valence-corrected chi connectivity index (χ1v) is 8.48. The molecule has 1 nitrogen and oxygen atoms in total. The first-order chi connectivity index (χ1) is 9.26. The van der Waals surface area contributed by atoms with Gasteiger partial charge in [-0.1, -0.05) is 65.4 Å². The lowest BCUT2D eigenvalue weighted by Crippen LogP contribution is -2.03. The van der Waals surface area contributed by atoms with Gasteiger partial charge in [0.25, 0.3) is 0 Å². The van der Waals surface area contributed by atoms with Crippen LogP contribution in [0.1, 0.15) is 97.8 Å². The minimum atomic E-state index is 0.418. The highest BCUT2D eigenvalue weighted by atomic mass is 16.1. The lowest BCUT2D eigenvalue weighted by molar-refractivity contribution is -0.115. The summed E-state index contributed by atoms with van der Waals surface area (Å²) in [5.41, 5.74) is 1.13. The second-order valence-corrected chi connectivity index (χ2v) is 5.56. The number of carbonyl (C=O) groups is 1. The molecule has 0 saturated carbocycles. The number of Topliss-reactive ketones (excluding diaryl/α,β-unsaturated/α-hetero) is 1. The molecule has 0 aliphatic carbocycles. The number of carbonyl (C=O) groups excluding carboxylic acids is 1. The van der Waals surface area contributed by atoms with Gasteiger partial charge in [-0.05, 0) is 37.7 Å². The zero-order chi connectivity index (χ0) is 14.3. The van der Waals surface area contributed by atoms with E-state index >= 15 is 0 Å². The number of allylic oxidation sites excluding steroid dienone is 2. The molecular formula is C18H34O. The maximum absolute atomic E-state index is 12.2. The van der Waals surface area contributed by atoms with E-state index in [0.29, 0.717) is 5.78 Å². The van der Waals surface area contributed by atoms with Crippen LogP contribution in [0.4, 0.5) is 0 Å². The van der Waals surface area contributed by atoms with Crippen molar-refractivity contribution < 1.29 is 4.79 Å². The number of rotatable bonds is 13. The normalized spacial score (nSPS) is 11.8. The molecular weight excluding hydrogens is 232 g/mol. The molecule has 0 spiro atoms. The Bertz CT molecular complexity index is 240. The fourth-order valence-electron chi connectivity index (χ4n) is 2.29. The van der Waals surface area contributed by atoms with Gasteiger partial charge in [0.15, 0.2) is 5.78 Å². The van der Waals surface area contributed by atoms with Crippen LogP contribution in [0.2, 0.25) is 0 Å². The quantitative estimate of drug-likeness (QED) is 0.285. The van der Waals surface area contributed by atoms with E-state index in [0.717, 1.165) is 31.3 Å². The van der Waals surface area contributed by atoms with Crippen molar-refractivity contribution in [2.75, 3.05) is 0 Å². The van der Waals surface area contributed by atoms with Gasteiger partial charge in [-0.2, -0.15) is 0 Å². The molecule has 0 aromatic heterocycles. The van der Waals surface area contributed by atoms with Crippen LogP contribution >= 0.6 is 0 Å². The largest absolute Gasteiger partial charge is 0.295 e. The Labute approximate surface area is 120 Å². The molecule has 0 fully saturated rings. The minimum absolute atomic E-state index is 0.418. The number of hydrogen-bond acceptors (Lipinski definition) is 1. The van der Waals surface area contributed by atoms with E-state index in [1.54, 1.807) is 0 Å². The molecule has 19 heavy (non-hydrogen) atoms. The highest BCUT2D eigenvalue weighted by Gasteiger charge is 2.08. The lowest BCUT2D eigenvalue weighted by Gasteiger charge is -2.07. The van der Waals surface area contributed by atoms with Crippen LogP contribution in [0.5, 0.6) is 0 Å². The minimum Gasteiger partial charge on any atom is -0.295 e. The molecule has 0 atom stereocenters. The molecule has 0 aliphatic rings. The lowest BCUT2D eigenvalue weighted by atomic mass is 9.98. The van der Waals surface area contributed by atoms with Crippen LogP contribution in [0.15, 0.2) is 11.6 Å². The fraction of sp³-hybridized carbons (Fsp3) is 0.833. The smallest absolute Gasteiger partial charge is 0.158 e. The van der Waals surface area contributed by atoms with Crippen molar-refractivity contribution >= 4 is 5.78 Å². The van der Waals surface area contributed by atoms with Gasteiger partial charge in [-0.3, -0.25) is 4.79 Å². The maximum atomic E-state index is 12.2. The standard InChI is InChI=1S/C18H34O/c1-4-7-10-13-15-17(14-11-8-5-2)18(19)16-12-9-6-3/h15H,4-14,16H2,1-3H3. The van der Waals surface area contributed by atoms with Crippen molar-refractivity contribution in [1.82, 2.24) is 0 Å². The van der Waals surface area contributed by atoms with Crippen molar-refractivity contribution in [1.29, 1.82) is 0 Å². The summed E-state index contributed by atoms with van der Waals surface area (Å²) < 4.78 is 0. The van der Waals surface area contributed by atoms with Crippen LogP contribution < -0.4 is 0 Å². The van der Waals surface area contributed by atoms with E-state index in [2.05, 4.69) is 26.8 Å². The second kappa shape index (κ2) is 13.8. The molecule has 0 heterocycles. The third kappa shape index (κ3) is 11.0. The fourth-order valence-corrected chi connectivity index (χ4v) is 2.29. The Hall–Kier alpha value is -0.590. The highest BCUT2D eigenvalue weighted by Crippen LogP contribution is 2.16. The highest BCUT2D eigenvalue weighted by molar-refractivity contribution is 5.95. The summed E-state index contributed by atoms with van der Waals surface area (Å²) in [7, 11) is 0. The summed E-state index contributed by atoms with van der Waals surface area (Å²) in [4.78, 5) is 12.2. The van der Waals surface area contributed by atoms with Gasteiger partial charge in [0, 0.05) is 6.42 Å². The summed E-state index contributed by atoms with van der Waals surface area (Å²) in [6.07, 6.45) is 16.0. The number of ketones is 1. The average molecular weight is 266 g/mol. The van der Waals surface area contributed by atoms with Gasteiger partial charge in [-0.25, -0.2) is 0 Å². The van der Waals surface area contributed by atoms with E-state index < -0.39 is 0 Å². The van der Waals surface area contributed by atoms with Crippen molar-refractivity contribution in [2.24, 2.45) is 0 Å². The van der Waals surface area contributed by atoms with Crippen LogP contribution in [-0.2, 0) is 4.79 Å². The van der Waals surface area contributed by atoms with E-state index in [4.69, 9.17) is 0 Å². The molecule has 0 aromatic rings. The summed E-state index contributed by atoms with van der Waals surface area (Å²) in [5, 5.41) is 0. The van der Waals surface area contributed by atoms with Crippen molar-refractivity contribution in [3.8, 4) is 0 Å². The van der Waals surface area contributed by atoms with Crippen molar-refractivity contribution in [3.63, 3.8) is 0 Å². The Kier molecular flexibility index (Phi) is 13.4. The average Bonchev–Trinajstić information content (AvgIpc) is 2.41. The van der Waals surface area contributed by atoms with Crippen LogP contribution in [0.3, 0.4) is 0 Å². The molecule has 112 valence electrons. The Balaban J connectivity index is 4.17. The maximum Gasteiger partial charge on any atom is 0.158 e. The summed E-state index contributed by atoms with van der Waals surface area (Å²) in [6, 6.07) is 0. The van der Waals surface area contributed by atoms with Gasteiger partial charge in [0.2, 0.25) is 0 Å².